The number of hydrogen-bond donors (Lipinski definition) is 4. The van der Waals surface area contributed by atoms with Crippen molar-refractivity contribution in [3.63, 3.8) is 0 Å². The number of carbonyl (C=O) groups is 1. The summed E-state index contributed by atoms with van der Waals surface area (Å²) in [7, 11) is -4.04. The van der Waals surface area contributed by atoms with E-state index in [2.05, 4.69) is 4.98 Å². The average Bonchev–Trinajstić information content (AvgIpc) is 3.19. The molecule has 2 aromatic carbocycles. The Morgan fingerprint density at radius 1 is 1.14 bits per heavy atom. The Morgan fingerprint density at radius 3 is 2.54 bits per heavy atom. The first-order valence-electron chi connectivity index (χ1n) is 8.13. The highest BCUT2D eigenvalue weighted by atomic mass is 32.2. The Morgan fingerprint density at radius 2 is 1.89 bits per heavy atom. The van der Waals surface area contributed by atoms with E-state index in [1.54, 1.807) is 6.07 Å². The number of nitrogens with one attached hydrogen (secondary N) is 2. The first-order chi connectivity index (χ1) is 13.3. The standard InChI is InChI=1S/C18H15N3O6S/c22-17-9-21(28(25,26)20-17)15-8-13-12(6-14(19-13)18(23)24)7-16(15)27-10-11-4-2-1-3-5-11/h1-9,19-20,22H,10H2,(H,23,24). The fraction of sp³-hybridized carbons (Fsp3) is 0.0556. The highest BCUT2D eigenvalue weighted by Crippen LogP contribution is 2.37. The molecule has 0 saturated heterocycles. The highest BCUT2D eigenvalue weighted by Gasteiger charge is 2.31. The molecule has 0 bridgehead atoms. The van der Waals surface area contributed by atoms with E-state index >= 15 is 0 Å². The van der Waals surface area contributed by atoms with Gasteiger partial charge in [0.1, 0.15) is 23.7 Å². The van der Waals surface area contributed by atoms with Gasteiger partial charge in [-0.25, -0.2) is 13.8 Å². The molecular weight excluding hydrogens is 386 g/mol. The van der Waals surface area contributed by atoms with Gasteiger partial charge >= 0.3 is 16.2 Å². The van der Waals surface area contributed by atoms with Crippen LogP contribution in [-0.4, -0.2) is 29.6 Å². The summed E-state index contributed by atoms with van der Waals surface area (Å²) in [4.78, 5) is 14.0. The van der Waals surface area contributed by atoms with Crippen LogP contribution in [0.1, 0.15) is 16.1 Å². The van der Waals surface area contributed by atoms with Crippen molar-refractivity contribution < 1.29 is 28.2 Å². The van der Waals surface area contributed by atoms with Crippen molar-refractivity contribution in [2.24, 2.45) is 0 Å². The van der Waals surface area contributed by atoms with Gasteiger partial charge in [0, 0.05) is 10.9 Å². The van der Waals surface area contributed by atoms with Crippen molar-refractivity contribution in [3.8, 4) is 5.75 Å². The number of H-pyrrole nitrogens is 1. The van der Waals surface area contributed by atoms with Crippen LogP contribution in [-0.2, 0) is 16.8 Å². The molecular formula is C18H15N3O6S. The molecule has 28 heavy (non-hydrogen) atoms. The topological polar surface area (TPSA) is 132 Å². The molecule has 0 spiro atoms. The molecule has 2 heterocycles. The molecule has 0 radical (unpaired) electrons. The quantitative estimate of drug-likeness (QED) is 0.519. The number of benzene rings is 2. The number of aliphatic hydroxyl groups is 1. The summed E-state index contributed by atoms with van der Waals surface area (Å²) in [6.45, 7) is 0.173. The Balaban J connectivity index is 1.81. The van der Waals surface area contributed by atoms with E-state index in [4.69, 9.17) is 4.74 Å². The molecule has 0 saturated carbocycles. The van der Waals surface area contributed by atoms with E-state index in [1.807, 2.05) is 35.1 Å². The number of aromatic carboxylic acids is 1. The van der Waals surface area contributed by atoms with E-state index in [0.717, 1.165) is 16.1 Å². The zero-order valence-corrected chi connectivity index (χ0v) is 15.1. The number of anilines is 1. The van der Waals surface area contributed by atoms with E-state index in [9.17, 15) is 23.4 Å². The molecule has 0 aliphatic carbocycles. The smallest absolute Gasteiger partial charge is 0.352 e. The van der Waals surface area contributed by atoms with Gasteiger partial charge in [-0.05, 0) is 23.8 Å². The van der Waals surface area contributed by atoms with Crippen LogP contribution < -0.4 is 13.8 Å². The van der Waals surface area contributed by atoms with Crippen LogP contribution in [0.25, 0.3) is 10.9 Å². The van der Waals surface area contributed by atoms with E-state index in [1.165, 1.54) is 12.1 Å². The summed E-state index contributed by atoms with van der Waals surface area (Å²) >= 11 is 0. The van der Waals surface area contributed by atoms with Crippen molar-refractivity contribution in [2.45, 2.75) is 6.61 Å². The number of aliphatic hydroxyl groups excluding tert-OH is 1. The van der Waals surface area contributed by atoms with Crippen molar-refractivity contribution >= 4 is 32.8 Å². The second kappa shape index (κ2) is 6.50. The molecule has 9 nitrogen and oxygen atoms in total. The largest absolute Gasteiger partial charge is 0.493 e. The molecule has 1 aliphatic heterocycles. The Bertz CT molecular complexity index is 1200. The number of carboxylic acid groups (broad SMARTS) is 1. The number of carboxylic acids is 1. The Kier molecular flexibility index (Phi) is 4.12. The number of aromatic nitrogens is 1. The van der Waals surface area contributed by atoms with E-state index in [-0.39, 0.29) is 23.7 Å². The van der Waals surface area contributed by atoms with Crippen molar-refractivity contribution in [3.05, 3.63) is 71.9 Å². The Labute approximate surface area is 159 Å². The van der Waals surface area contributed by atoms with Crippen LogP contribution >= 0.6 is 0 Å². The lowest BCUT2D eigenvalue weighted by atomic mass is 10.2. The maximum absolute atomic E-state index is 12.3. The minimum absolute atomic E-state index is 0.0399. The molecule has 0 fully saturated rings. The number of rotatable bonds is 5. The molecule has 0 amide bonds. The molecule has 1 aliphatic rings. The molecule has 3 aromatic rings. The lowest BCUT2D eigenvalue weighted by Crippen LogP contribution is -2.29. The lowest BCUT2D eigenvalue weighted by Gasteiger charge is -2.18. The molecule has 4 N–H and O–H groups in total. The predicted octanol–water partition coefficient (Wildman–Crippen LogP) is 2.46. The predicted molar refractivity (Wildman–Crippen MR) is 101 cm³/mol. The molecule has 144 valence electrons. The monoisotopic (exact) mass is 401 g/mol. The molecule has 0 unspecified atom stereocenters. The summed E-state index contributed by atoms with van der Waals surface area (Å²) in [6, 6.07) is 13.7. The number of ether oxygens (including phenoxy) is 1. The van der Waals surface area contributed by atoms with Gasteiger partial charge in [0.15, 0.2) is 0 Å². The summed E-state index contributed by atoms with van der Waals surface area (Å²) in [6.07, 6.45) is 1.01. The summed E-state index contributed by atoms with van der Waals surface area (Å²) in [5.41, 5.74) is 1.37. The van der Waals surface area contributed by atoms with Crippen LogP contribution in [0, 0.1) is 0 Å². The molecule has 10 heteroatoms. The Hall–Kier alpha value is -3.66. The van der Waals surface area contributed by atoms with Gasteiger partial charge in [0.25, 0.3) is 0 Å². The third-order valence-electron chi connectivity index (χ3n) is 4.14. The van der Waals surface area contributed by atoms with Gasteiger partial charge in [-0.2, -0.15) is 8.42 Å². The van der Waals surface area contributed by atoms with Gasteiger partial charge in [-0.15, -0.1) is 0 Å². The van der Waals surface area contributed by atoms with E-state index < -0.39 is 22.1 Å². The van der Waals surface area contributed by atoms with Crippen LogP contribution in [0.5, 0.6) is 5.75 Å². The maximum Gasteiger partial charge on any atom is 0.352 e. The first kappa shape index (κ1) is 17.7. The van der Waals surface area contributed by atoms with Crippen LogP contribution in [0.4, 0.5) is 5.69 Å². The zero-order chi connectivity index (χ0) is 19.9. The van der Waals surface area contributed by atoms with Crippen molar-refractivity contribution in [2.75, 3.05) is 4.31 Å². The van der Waals surface area contributed by atoms with Gasteiger partial charge in [-0.3, -0.25) is 0 Å². The summed E-state index contributed by atoms with van der Waals surface area (Å²) in [5.74, 6) is -1.46. The SMILES string of the molecule is O=C(O)c1cc2cc(OCc3ccccc3)c(N3C=C(O)NS3(=O)=O)cc2[nH]1. The summed E-state index contributed by atoms with van der Waals surface area (Å²) < 4.78 is 33.2. The average molecular weight is 401 g/mol. The minimum Gasteiger partial charge on any atom is -0.493 e. The number of hydrogen-bond acceptors (Lipinski definition) is 5. The zero-order valence-electron chi connectivity index (χ0n) is 14.3. The molecule has 1 aromatic heterocycles. The fourth-order valence-electron chi connectivity index (χ4n) is 2.87. The third-order valence-corrected chi connectivity index (χ3v) is 5.42. The number of fused-ring (bicyclic) bond motifs is 1. The maximum atomic E-state index is 12.3. The first-order valence-corrected chi connectivity index (χ1v) is 9.57. The molecule has 0 atom stereocenters. The third kappa shape index (κ3) is 3.21. The van der Waals surface area contributed by atoms with Crippen LogP contribution in [0.15, 0.2) is 60.6 Å². The van der Waals surface area contributed by atoms with Crippen molar-refractivity contribution in [1.82, 2.24) is 9.71 Å². The highest BCUT2D eigenvalue weighted by molar-refractivity contribution is 7.91. The lowest BCUT2D eigenvalue weighted by molar-refractivity contribution is 0.0691. The van der Waals surface area contributed by atoms with Crippen LogP contribution in [0.3, 0.4) is 0 Å². The van der Waals surface area contributed by atoms with Crippen LogP contribution in [0.2, 0.25) is 0 Å². The second-order valence-corrected chi connectivity index (χ2v) is 7.63. The van der Waals surface area contributed by atoms with E-state index in [0.29, 0.717) is 10.9 Å². The van der Waals surface area contributed by atoms with Crippen molar-refractivity contribution in [1.29, 1.82) is 0 Å². The number of nitrogens with zero attached hydrogens (tertiary/aromatic N) is 1. The van der Waals surface area contributed by atoms with Gasteiger partial charge in [-0.1, -0.05) is 30.3 Å². The number of aromatic amines is 1. The minimum atomic E-state index is -4.04. The summed E-state index contributed by atoms with van der Waals surface area (Å²) in [5, 5.41) is 19.3. The van der Waals surface area contributed by atoms with Gasteiger partial charge in [0.2, 0.25) is 5.88 Å². The molecule has 4 rings (SSSR count). The van der Waals surface area contributed by atoms with Gasteiger partial charge < -0.3 is 19.9 Å². The second-order valence-electron chi connectivity index (χ2n) is 6.09. The fourth-order valence-corrected chi connectivity index (χ4v) is 3.93. The van der Waals surface area contributed by atoms with Gasteiger partial charge in [0.05, 0.1) is 6.20 Å². The normalized spacial score (nSPS) is 15.3.